The number of carbonyl (C=O) groups is 1. The predicted molar refractivity (Wildman–Crippen MR) is 62.5 cm³/mol. The van der Waals surface area contributed by atoms with E-state index in [1.807, 2.05) is 30.3 Å². The molecule has 0 saturated heterocycles. The first kappa shape index (κ1) is 9.71. The van der Waals surface area contributed by atoms with Gasteiger partial charge in [-0.3, -0.25) is 4.79 Å². The zero-order chi connectivity index (χ0) is 10.8. The lowest BCUT2D eigenvalue weighted by Crippen LogP contribution is -2.34. The monoisotopic (exact) mass is 199 g/mol. The van der Waals surface area contributed by atoms with Crippen molar-refractivity contribution in [3.05, 3.63) is 40.7 Å². The van der Waals surface area contributed by atoms with Crippen molar-refractivity contribution in [2.24, 2.45) is 0 Å². The number of aldehydes is 1. The van der Waals surface area contributed by atoms with E-state index in [1.54, 1.807) is 7.85 Å². The maximum absolute atomic E-state index is 11.8. The molecule has 1 aromatic carbocycles. The van der Waals surface area contributed by atoms with Crippen LogP contribution in [0.1, 0.15) is 0 Å². The van der Waals surface area contributed by atoms with Gasteiger partial charge in [0.25, 0.3) is 0 Å². The number of aromatic nitrogens is 1. The number of benzene rings is 1. The summed E-state index contributed by atoms with van der Waals surface area (Å²) in [6.07, 6.45) is 0.743. The second-order valence-corrected chi connectivity index (χ2v) is 3.47. The Morgan fingerprint density at radius 3 is 2.80 bits per heavy atom. The molecule has 1 aromatic heterocycles. The molecule has 0 bridgehead atoms. The first-order chi connectivity index (χ1) is 7.24. The molecule has 2 aromatic rings. The Morgan fingerprint density at radius 2 is 2.07 bits per heavy atom. The number of carbonyl (C=O) groups excluding carboxylic acids is 1. The van der Waals surface area contributed by atoms with Gasteiger partial charge in [0, 0.05) is 0 Å². The summed E-state index contributed by atoms with van der Waals surface area (Å²) in [5, 5.41) is 0.983. The topological polar surface area (TPSA) is 39.1 Å². The van der Waals surface area contributed by atoms with E-state index in [0.717, 1.165) is 17.2 Å². The van der Waals surface area contributed by atoms with Crippen molar-refractivity contribution >= 4 is 30.5 Å². The molecule has 0 aliphatic carbocycles. The predicted octanol–water partition coefficient (Wildman–Crippen LogP) is -0.541. The molecule has 0 amide bonds. The van der Waals surface area contributed by atoms with Crippen molar-refractivity contribution < 1.29 is 4.79 Å². The number of nitrogens with zero attached hydrogens (tertiary/aromatic N) is 1. The van der Waals surface area contributed by atoms with E-state index in [-0.39, 0.29) is 12.1 Å². The maximum Gasteiger partial charge on any atom is 0.244 e. The second kappa shape index (κ2) is 3.73. The van der Waals surface area contributed by atoms with Crippen molar-refractivity contribution in [1.82, 2.24) is 4.57 Å². The van der Waals surface area contributed by atoms with Crippen LogP contribution in [-0.4, -0.2) is 18.7 Å². The number of fused-ring (bicyclic) bond motifs is 1. The summed E-state index contributed by atoms with van der Waals surface area (Å²) in [6, 6.07) is 9.40. The zero-order valence-electron chi connectivity index (χ0n) is 8.43. The molecule has 0 unspecified atom stereocenters. The summed E-state index contributed by atoms with van der Waals surface area (Å²) in [7, 11) is 1.76. The average molecular weight is 199 g/mol. The summed E-state index contributed by atoms with van der Waals surface area (Å²) in [5.74, 6) is 0. The molecule has 0 aliphatic heterocycles. The van der Waals surface area contributed by atoms with Crippen molar-refractivity contribution in [1.29, 1.82) is 0 Å². The number of rotatable bonds is 2. The average Bonchev–Trinajstić information content (AvgIpc) is 2.25. The lowest BCUT2D eigenvalue weighted by Gasteiger charge is -2.08. The molecule has 0 fully saturated rings. The molecule has 0 radical (unpaired) electrons. The molecule has 0 spiro atoms. The zero-order valence-corrected chi connectivity index (χ0v) is 8.43. The van der Waals surface area contributed by atoms with Gasteiger partial charge in [-0.25, -0.2) is 0 Å². The lowest BCUT2D eigenvalue weighted by molar-refractivity contribution is -0.108. The highest BCUT2D eigenvalue weighted by atomic mass is 16.1. The van der Waals surface area contributed by atoms with E-state index >= 15 is 0 Å². The Balaban J connectivity index is 2.88. The first-order valence-corrected chi connectivity index (χ1v) is 4.77. The Labute approximate surface area is 87.7 Å². The van der Waals surface area contributed by atoms with Gasteiger partial charge in [0.05, 0.1) is 12.1 Å². The Kier molecular flexibility index (Phi) is 2.41. The van der Waals surface area contributed by atoms with Gasteiger partial charge in [-0.05, 0) is 16.9 Å². The molecule has 0 aliphatic rings. The molecule has 2 rings (SSSR count). The molecule has 15 heavy (non-hydrogen) atoms. The van der Waals surface area contributed by atoms with Gasteiger partial charge in [-0.1, -0.05) is 24.3 Å². The minimum Gasteiger partial charge on any atom is -0.302 e. The third-order valence-electron chi connectivity index (χ3n) is 2.44. The summed E-state index contributed by atoms with van der Waals surface area (Å²) in [6.45, 7) is 0.112. The first-order valence-electron chi connectivity index (χ1n) is 4.77. The highest BCUT2D eigenvalue weighted by molar-refractivity contribution is 6.32. The van der Waals surface area contributed by atoms with Crippen molar-refractivity contribution in [3.8, 4) is 0 Å². The van der Waals surface area contributed by atoms with Crippen molar-refractivity contribution in [3.63, 3.8) is 0 Å². The molecular formula is C11H10BNO2. The van der Waals surface area contributed by atoms with Crippen LogP contribution in [0.25, 0.3) is 10.9 Å². The van der Waals surface area contributed by atoms with E-state index in [2.05, 4.69) is 0 Å². The number of para-hydroxylation sites is 1. The number of hydrogen-bond donors (Lipinski definition) is 0. The fourth-order valence-electron chi connectivity index (χ4n) is 1.73. The van der Waals surface area contributed by atoms with Gasteiger partial charge in [0.15, 0.2) is 0 Å². The molecule has 0 N–H and O–H groups in total. The summed E-state index contributed by atoms with van der Waals surface area (Å²) >= 11 is 0. The normalized spacial score (nSPS) is 10.4. The smallest absolute Gasteiger partial charge is 0.244 e. The van der Waals surface area contributed by atoms with E-state index in [4.69, 9.17) is 0 Å². The summed E-state index contributed by atoms with van der Waals surface area (Å²) < 4.78 is 1.50. The van der Waals surface area contributed by atoms with E-state index in [9.17, 15) is 9.59 Å². The standard InChI is InChI=1S/C11H10BNO2/c12-9-7-8-3-1-2-4-10(8)13(5-6-14)11(9)15/h1-4,6-7H,5,12H2. The van der Waals surface area contributed by atoms with Crippen LogP contribution in [-0.2, 0) is 11.3 Å². The van der Waals surface area contributed by atoms with Crippen LogP contribution in [0, 0.1) is 0 Å². The van der Waals surface area contributed by atoms with Crippen LogP contribution in [0.15, 0.2) is 35.1 Å². The van der Waals surface area contributed by atoms with Crippen molar-refractivity contribution in [2.75, 3.05) is 0 Å². The van der Waals surface area contributed by atoms with Gasteiger partial charge < -0.3 is 9.36 Å². The third-order valence-corrected chi connectivity index (χ3v) is 2.44. The van der Waals surface area contributed by atoms with Crippen molar-refractivity contribution in [2.45, 2.75) is 6.54 Å². The highest BCUT2D eigenvalue weighted by Gasteiger charge is 2.04. The third kappa shape index (κ3) is 1.58. The fourth-order valence-corrected chi connectivity index (χ4v) is 1.73. The van der Waals surface area contributed by atoms with Crippen LogP contribution in [0.3, 0.4) is 0 Å². The largest absolute Gasteiger partial charge is 0.302 e. The second-order valence-electron chi connectivity index (χ2n) is 3.47. The Bertz CT molecular complexity index is 574. The van der Waals surface area contributed by atoms with Crippen LogP contribution >= 0.6 is 0 Å². The Morgan fingerprint density at radius 1 is 1.33 bits per heavy atom. The summed E-state index contributed by atoms with van der Waals surface area (Å²) in [4.78, 5) is 22.3. The van der Waals surface area contributed by atoms with E-state index < -0.39 is 0 Å². The molecule has 4 heteroatoms. The number of hydrogen-bond acceptors (Lipinski definition) is 2. The summed E-state index contributed by atoms with van der Waals surface area (Å²) in [5.41, 5.74) is 1.37. The lowest BCUT2D eigenvalue weighted by atomic mass is 9.96. The van der Waals surface area contributed by atoms with Gasteiger partial charge in [-0.15, -0.1) is 0 Å². The van der Waals surface area contributed by atoms with Gasteiger partial charge in [-0.2, -0.15) is 0 Å². The quantitative estimate of drug-likeness (QED) is 0.481. The van der Waals surface area contributed by atoms with Crippen LogP contribution in [0.4, 0.5) is 0 Å². The maximum atomic E-state index is 11.8. The molecule has 1 heterocycles. The van der Waals surface area contributed by atoms with Gasteiger partial charge in [0.2, 0.25) is 5.56 Å². The van der Waals surface area contributed by atoms with Gasteiger partial charge in [0.1, 0.15) is 14.1 Å². The molecule has 3 nitrogen and oxygen atoms in total. The molecule has 74 valence electrons. The molecule has 0 saturated carbocycles. The van der Waals surface area contributed by atoms with Crippen LogP contribution in [0.2, 0.25) is 0 Å². The van der Waals surface area contributed by atoms with Crippen LogP contribution < -0.4 is 11.0 Å². The van der Waals surface area contributed by atoms with E-state index in [0.29, 0.717) is 5.46 Å². The minimum absolute atomic E-state index is 0.0965. The SMILES string of the molecule is Bc1cc2ccccc2n(CC=O)c1=O. The van der Waals surface area contributed by atoms with Crippen LogP contribution in [0.5, 0.6) is 0 Å². The fraction of sp³-hybridized carbons (Fsp3) is 0.0909. The molecular weight excluding hydrogens is 189 g/mol. The number of pyridine rings is 1. The van der Waals surface area contributed by atoms with E-state index in [1.165, 1.54) is 4.57 Å². The van der Waals surface area contributed by atoms with Gasteiger partial charge >= 0.3 is 0 Å². The Hall–Kier alpha value is -1.84. The highest BCUT2D eigenvalue weighted by Crippen LogP contribution is 2.09. The minimum atomic E-state index is -0.0965. The molecule has 0 atom stereocenters.